The number of hydrogen-bond acceptors (Lipinski definition) is 10. The smallest absolute Gasteiger partial charge is 0.260 e. The molecule has 0 unspecified atom stereocenters. The minimum absolute atomic E-state index is 0.0833. The Hall–Kier alpha value is -5.67. The second-order valence-electron chi connectivity index (χ2n) is 18.4. The van der Waals surface area contributed by atoms with E-state index in [9.17, 15) is 14.8 Å². The molecule has 4 rings (SSSR count). The van der Waals surface area contributed by atoms with Crippen LogP contribution in [0.1, 0.15) is 168 Å². The summed E-state index contributed by atoms with van der Waals surface area (Å²) in [7, 11) is 1.43. The van der Waals surface area contributed by atoms with Gasteiger partial charge in [-0.05, 0) is 116 Å². The molecule has 1 heterocycles. The number of carbonyl (C=O) groups is 3. The van der Waals surface area contributed by atoms with Crippen molar-refractivity contribution < 1.29 is 33.8 Å². The molecule has 0 aromatic heterocycles. The van der Waals surface area contributed by atoms with Gasteiger partial charge >= 0.3 is 0 Å². The number of halogens is 1. The van der Waals surface area contributed by atoms with E-state index in [4.69, 9.17) is 37.0 Å². The summed E-state index contributed by atoms with van der Waals surface area (Å²) in [4.78, 5) is 40.3. The Balaban J connectivity index is 0.00000256. The zero-order chi connectivity index (χ0) is 55.0. The molecule has 72 heavy (non-hydrogen) atoms. The first-order valence-electron chi connectivity index (χ1n) is 25.5. The molecule has 12 heteroatoms. The van der Waals surface area contributed by atoms with E-state index in [1.165, 1.54) is 38.8 Å². The average molecular weight is 1010 g/mol. The molecule has 0 aliphatic carbocycles. The Kier molecular flexibility index (Phi) is 33.4. The number of aryl methyl sites for hydroxylation is 1. The van der Waals surface area contributed by atoms with Crippen molar-refractivity contribution in [3.05, 3.63) is 124 Å². The normalized spacial score (nSPS) is 12.4. The number of carbonyl (C=O) groups excluding carboxylic acids is 3. The first kappa shape index (κ1) is 66.3. The lowest BCUT2D eigenvalue weighted by Crippen LogP contribution is -2.43. The van der Waals surface area contributed by atoms with Crippen LogP contribution in [0.25, 0.3) is 0 Å². The number of allylic oxidation sites excluding steroid dienone is 2. The topological polar surface area (TPSA) is 130 Å². The number of hydrogen-bond donors (Lipinski definition) is 2. The number of hydroxylamine groups is 1. The van der Waals surface area contributed by atoms with E-state index < -0.39 is 5.41 Å². The summed E-state index contributed by atoms with van der Waals surface area (Å²) in [5, 5.41) is 10.4. The number of ether oxygens (including phenoxy) is 3. The number of likely N-dealkylation sites (tertiary alicyclic amines) is 1. The Morgan fingerprint density at radius 3 is 2.06 bits per heavy atom. The summed E-state index contributed by atoms with van der Waals surface area (Å²) in [5.41, 5.74) is 8.64. The highest BCUT2D eigenvalue weighted by Crippen LogP contribution is 2.39. The molecule has 2 N–H and O–H groups in total. The Labute approximate surface area is 440 Å². The van der Waals surface area contributed by atoms with Gasteiger partial charge in [0.15, 0.2) is 18.1 Å². The van der Waals surface area contributed by atoms with Crippen LogP contribution in [0.4, 0.5) is 0 Å². The molecule has 3 aromatic rings. The van der Waals surface area contributed by atoms with Crippen molar-refractivity contribution in [2.75, 3.05) is 33.4 Å². The molecule has 0 spiro atoms. The number of ketones is 1. The van der Waals surface area contributed by atoms with Crippen molar-refractivity contribution in [1.82, 2.24) is 15.5 Å². The zero-order valence-corrected chi connectivity index (χ0v) is 47.3. The SMILES string of the molecule is C#Cc1cc(C(C)(C)c2ccc(OC/C(C)=C/C=N\C(=C)NN(C)O)cc2)cc(Cl)c1OC1CCN(C(=O)COc2ccc(C(=O)C(C)C)c(CC)c2)CC1.C=C(CC)CCC(C)C.CC.CC=O.CCC. The maximum absolute atomic E-state index is 13.0. The summed E-state index contributed by atoms with van der Waals surface area (Å²) in [6.45, 7) is 37.3. The van der Waals surface area contributed by atoms with Gasteiger partial charge in [0.05, 0.1) is 10.6 Å². The fourth-order valence-electron chi connectivity index (χ4n) is 6.83. The summed E-state index contributed by atoms with van der Waals surface area (Å²) in [5.74, 6) is 5.57. The van der Waals surface area contributed by atoms with E-state index >= 15 is 0 Å². The molecular weight excluding hydrogens is 924 g/mol. The lowest BCUT2D eigenvalue weighted by atomic mass is 9.77. The van der Waals surface area contributed by atoms with Crippen LogP contribution < -0.4 is 19.6 Å². The van der Waals surface area contributed by atoms with Gasteiger partial charge in [0, 0.05) is 56.1 Å². The van der Waals surface area contributed by atoms with Crippen molar-refractivity contribution in [2.24, 2.45) is 16.8 Å². The highest BCUT2D eigenvalue weighted by molar-refractivity contribution is 6.32. The van der Waals surface area contributed by atoms with E-state index in [-0.39, 0.29) is 30.3 Å². The molecule has 11 nitrogen and oxygen atoms in total. The molecule has 1 amide bonds. The number of nitrogens with one attached hydrogen (secondary N) is 1. The van der Waals surface area contributed by atoms with Crippen molar-refractivity contribution in [2.45, 2.75) is 153 Å². The molecule has 0 bridgehead atoms. The van der Waals surface area contributed by atoms with Crippen molar-refractivity contribution in [3.63, 3.8) is 0 Å². The summed E-state index contributed by atoms with van der Waals surface area (Å²) in [6, 6.07) is 17.2. The molecule has 3 aromatic carbocycles. The molecule has 1 aliphatic heterocycles. The fraction of sp³-hybridized carbons (Fsp3) is 0.500. The third-order valence-corrected chi connectivity index (χ3v) is 11.4. The lowest BCUT2D eigenvalue weighted by Gasteiger charge is -2.33. The van der Waals surface area contributed by atoms with Gasteiger partial charge in [0.25, 0.3) is 5.91 Å². The van der Waals surface area contributed by atoms with Gasteiger partial charge in [-0.15, -0.1) is 11.6 Å². The van der Waals surface area contributed by atoms with Crippen LogP contribution in [0.15, 0.2) is 95.8 Å². The lowest BCUT2D eigenvalue weighted by molar-refractivity contribution is -0.135. The number of nitrogens with zero attached hydrogens (tertiary/aromatic N) is 3. The molecule has 1 aliphatic rings. The maximum Gasteiger partial charge on any atom is 0.260 e. The minimum atomic E-state index is -0.433. The van der Waals surface area contributed by atoms with Crippen LogP contribution in [0.2, 0.25) is 5.02 Å². The van der Waals surface area contributed by atoms with Gasteiger partial charge in [-0.2, -0.15) is 0 Å². The van der Waals surface area contributed by atoms with E-state index in [1.807, 2.05) is 90.1 Å². The molecule has 1 saturated heterocycles. The summed E-state index contributed by atoms with van der Waals surface area (Å²) >= 11 is 6.86. The van der Waals surface area contributed by atoms with Gasteiger partial charge in [-0.3, -0.25) is 20.2 Å². The molecule has 0 atom stereocenters. The van der Waals surface area contributed by atoms with E-state index in [0.29, 0.717) is 72.4 Å². The summed E-state index contributed by atoms with van der Waals surface area (Å²) < 4.78 is 18.2. The third-order valence-electron chi connectivity index (χ3n) is 11.1. The molecule has 1 fully saturated rings. The van der Waals surface area contributed by atoms with E-state index in [0.717, 1.165) is 51.8 Å². The number of aldehydes is 1. The van der Waals surface area contributed by atoms with Gasteiger partial charge in [-0.25, -0.2) is 4.99 Å². The van der Waals surface area contributed by atoms with Gasteiger partial charge < -0.3 is 23.9 Å². The van der Waals surface area contributed by atoms with Crippen molar-refractivity contribution in [3.8, 4) is 29.6 Å². The quantitative estimate of drug-likeness (QED) is 0.0267. The number of aliphatic imine (C=N–C) groups is 1. The van der Waals surface area contributed by atoms with E-state index in [2.05, 4.69) is 78.0 Å². The minimum Gasteiger partial charge on any atom is -0.489 e. The number of Topliss-reactive ketones (excluding diaryl/α,β-unsaturated/α-hetero) is 1. The van der Waals surface area contributed by atoms with Gasteiger partial charge in [0.1, 0.15) is 36.3 Å². The highest BCUT2D eigenvalue weighted by atomic mass is 35.5. The van der Waals surface area contributed by atoms with Crippen LogP contribution in [0, 0.1) is 24.2 Å². The number of piperidine rings is 1. The van der Waals surface area contributed by atoms with E-state index in [1.54, 1.807) is 23.2 Å². The van der Waals surface area contributed by atoms with Crippen molar-refractivity contribution in [1.29, 1.82) is 0 Å². The number of rotatable bonds is 21. The second kappa shape index (κ2) is 36.3. The van der Waals surface area contributed by atoms with Crippen LogP contribution in [0.5, 0.6) is 17.2 Å². The van der Waals surface area contributed by atoms with Crippen LogP contribution in [0.3, 0.4) is 0 Å². The fourth-order valence-corrected chi connectivity index (χ4v) is 7.09. The number of amides is 1. The monoisotopic (exact) mass is 1010 g/mol. The average Bonchev–Trinajstić information content (AvgIpc) is 3.35. The zero-order valence-electron chi connectivity index (χ0n) is 46.5. The standard InChI is InChI=1S/C44H53ClN4O6.C9H18.C3H8.C2H4O.C2H6/c1-10-32-25-38(16-17-39(32)42(51)29(3)4)54-28-41(50)49-22-19-37(20-23-49)55-43-33(11-2)24-35(26-40(43)45)44(7,8)34-12-14-36(15-13-34)53-27-30(5)18-21-46-31(6)47-48(9)52;1-5-9(4)7-6-8(2)3;1-3-2;1-2-3;1-2/h2,12-18,21,24-26,29,37,47,52H,6,10,19-20,22-23,27-28H2,1,3-5,7-9H3;8H,4-7H2,1-3H3;3H2,1-2H3;2H,1H3;1-2H3/b30-18+,46-21-;;;;. The Morgan fingerprint density at radius 1 is 0.972 bits per heavy atom. The molecule has 0 saturated carbocycles. The van der Waals surface area contributed by atoms with Gasteiger partial charge in [-0.1, -0.05) is 138 Å². The van der Waals surface area contributed by atoms with Crippen LogP contribution in [-0.2, 0) is 21.4 Å². The largest absolute Gasteiger partial charge is 0.489 e. The molecular formula is C60H89ClN4O7. The van der Waals surface area contributed by atoms with Gasteiger partial charge in [0.2, 0.25) is 0 Å². The predicted octanol–water partition coefficient (Wildman–Crippen LogP) is 14.2. The highest BCUT2D eigenvalue weighted by Gasteiger charge is 2.29. The predicted molar refractivity (Wildman–Crippen MR) is 301 cm³/mol. The van der Waals surface area contributed by atoms with Crippen LogP contribution >= 0.6 is 11.6 Å². The second-order valence-corrected chi connectivity index (χ2v) is 18.9. The molecule has 398 valence electrons. The number of hydrazine groups is 1. The number of benzene rings is 3. The first-order valence-corrected chi connectivity index (χ1v) is 25.9. The summed E-state index contributed by atoms with van der Waals surface area (Å²) in [6.07, 6.45) is 16.8. The van der Waals surface area contributed by atoms with Crippen molar-refractivity contribution >= 4 is 35.8 Å². The third kappa shape index (κ3) is 24.6. The maximum atomic E-state index is 13.0. The molecule has 0 radical (unpaired) electrons. The first-order chi connectivity index (χ1) is 34.1. The van der Waals surface area contributed by atoms with Crippen LogP contribution in [-0.4, -0.2) is 78.9 Å². The number of terminal acetylenes is 1. The Morgan fingerprint density at radius 2 is 1.54 bits per heavy atom. The Bertz CT molecular complexity index is 2210.